The fourth-order valence-corrected chi connectivity index (χ4v) is 1.16. The normalized spacial score (nSPS) is 9.80. The summed E-state index contributed by atoms with van der Waals surface area (Å²) in [7, 11) is 1.11. The van der Waals surface area contributed by atoms with E-state index in [1.54, 1.807) is 0 Å². The number of nitrogens with zero attached hydrogens (tertiary/aromatic N) is 2. The average Bonchev–Trinajstić information content (AvgIpc) is 2.16. The van der Waals surface area contributed by atoms with Crippen molar-refractivity contribution in [1.82, 2.24) is 5.06 Å². The molecule has 0 atom stereocenters. The second-order valence-corrected chi connectivity index (χ2v) is 3.16. The number of amides is 1. The molecule has 0 aliphatic rings. The Morgan fingerprint density at radius 3 is 2.67 bits per heavy atom. The van der Waals surface area contributed by atoms with Crippen LogP contribution >= 0.6 is 11.6 Å². The van der Waals surface area contributed by atoms with Gasteiger partial charge in [0.2, 0.25) is 0 Å². The van der Waals surface area contributed by atoms with Crippen LogP contribution in [0.15, 0.2) is 18.2 Å². The molecule has 15 heavy (non-hydrogen) atoms. The number of carbonyl (C=O) groups is 1. The lowest BCUT2D eigenvalue weighted by molar-refractivity contribution is -0.384. The summed E-state index contributed by atoms with van der Waals surface area (Å²) in [6, 6.07) is 3.42. The van der Waals surface area contributed by atoms with Crippen LogP contribution < -0.4 is 0 Å². The Kier molecular flexibility index (Phi) is 3.23. The second-order valence-electron chi connectivity index (χ2n) is 2.75. The van der Waals surface area contributed by atoms with Crippen LogP contribution in [0.4, 0.5) is 5.69 Å². The van der Waals surface area contributed by atoms with Crippen molar-refractivity contribution in [2.24, 2.45) is 0 Å². The fourth-order valence-electron chi connectivity index (χ4n) is 0.965. The Morgan fingerprint density at radius 2 is 2.20 bits per heavy atom. The Labute approximate surface area is 89.8 Å². The van der Waals surface area contributed by atoms with Crippen molar-refractivity contribution in [2.75, 3.05) is 7.05 Å². The quantitative estimate of drug-likeness (QED) is 0.476. The molecular formula is C8H7ClN2O4. The molecule has 0 spiro atoms. The summed E-state index contributed by atoms with van der Waals surface area (Å²) in [5.41, 5.74) is -0.375. The minimum Gasteiger partial charge on any atom is -0.286 e. The number of hydrogen-bond donors (Lipinski definition) is 1. The standard InChI is InChI=1S/C8H7ClN2O4/c1-10(13)8(12)6-4-5(11(14)15)2-3-7(6)9/h2-4,13H,1H3. The maximum Gasteiger partial charge on any atom is 0.278 e. The summed E-state index contributed by atoms with van der Waals surface area (Å²) < 4.78 is 0. The van der Waals surface area contributed by atoms with E-state index >= 15 is 0 Å². The minimum absolute atomic E-state index is 0.0477. The molecule has 1 aromatic carbocycles. The second kappa shape index (κ2) is 4.24. The Bertz CT molecular complexity index is 419. The lowest BCUT2D eigenvalue weighted by Gasteiger charge is -2.09. The average molecular weight is 231 g/mol. The van der Waals surface area contributed by atoms with Crippen LogP contribution in [0.1, 0.15) is 10.4 Å². The summed E-state index contributed by atoms with van der Waals surface area (Å²) in [5.74, 6) is -0.802. The number of carbonyl (C=O) groups excluding carboxylic acids is 1. The van der Waals surface area contributed by atoms with Crippen molar-refractivity contribution in [2.45, 2.75) is 0 Å². The van der Waals surface area contributed by atoms with Gasteiger partial charge in [0.25, 0.3) is 11.6 Å². The van der Waals surface area contributed by atoms with Crippen LogP contribution in [0.3, 0.4) is 0 Å². The van der Waals surface area contributed by atoms with E-state index in [2.05, 4.69) is 0 Å². The molecule has 0 bridgehead atoms. The zero-order chi connectivity index (χ0) is 11.6. The van der Waals surface area contributed by atoms with Crippen molar-refractivity contribution >= 4 is 23.2 Å². The van der Waals surface area contributed by atoms with Gasteiger partial charge in [-0.2, -0.15) is 0 Å². The number of benzene rings is 1. The fraction of sp³-hybridized carbons (Fsp3) is 0.125. The summed E-state index contributed by atoms with van der Waals surface area (Å²) in [4.78, 5) is 21.1. The van der Waals surface area contributed by atoms with Crippen molar-refractivity contribution in [3.8, 4) is 0 Å². The third-order valence-electron chi connectivity index (χ3n) is 1.69. The van der Waals surface area contributed by atoms with Crippen LogP contribution in [-0.4, -0.2) is 28.1 Å². The van der Waals surface area contributed by atoms with E-state index in [0.717, 1.165) is 13.1 Å². The smallest absolute Gasteiger partial charge is 0.278 e. The molecule has 0 heterocycles. The molecule has 80 valence electrons. The highest BCUT2D eigenvalue weighted by Gasteiger charge is 2.17. The highest BCUT2D eigenvalue weighted by atomic mass is 35.5. The summed E-state index contributed by atoms with van der Waals surface area (Å²) in [6.45, 7) is 0. The summed E-state index contributed by atoms with van der Waals surface area (Å²) in [5, 5.41) is 19.7. The molecule has 1 amide bonds. The van der Waals surface area contributed by atoms with Crippen molar-refractivity contribution in [3.63, 3.8) is 0 Å². The van der Waals surface area contributed by atoms with E-state index in [4.69, 9.17) is 16.8 Å². The molecule has 1 aromatic rings. The van der Waals surface area contributed by atoms with Crippen molar-refractivity contribution in [1.29, 1.82) is 0 Å². The van der Waals surface area contributed by atoms with Gasteiger partial charge in [0.15, 0.2) is 0 Å². The highest BCUT2D eigenvalue weighted by Crippen LogP contribution is 2.22. The van der Waals surface area contributed by atoms with E-state index < -0.39 is 10.8 Å². The van der Waals surface area contributed by atoms with Gasteiger partial charge in [-0.05, 0) is 6.07 Å². The molecule has 1 rings (SSSR count). The maximum absolute atomic E-state index is 11.3. The number of hydrogen-bond acceptors (Lipinski definition) is 4. The van der Waals surface area contributed by atoms with E-state index in [1.807, 2.05) is 0 Å². The Morgan fingerprint density at radius 1 is 1.60 bits per heavy atom. The third-order valence-corrected chi connectivity index (χ3v) is 2.01. The SMILES string of the molecule is CN(O)C(=O)c1cc([N+](=O)[O-])ccc1Cl. The Balaban J connectivity index is 3.22. The van der Waals surface area contributed by atoms with Gasteiger partial charge in [0, 0.05) is 19.2 Å². The summed E-state index contributed by atoms with van der Waals surface area (Å²) in [6.07, 6.45) is 0. The van der Waals surface area contributed by atoms with Crippen molar-refractivity contribution < 1.29 is 14.9 Å². The molecule has 0 aromatic heterocycles. The summed E-state index contributed by atoms with van der Waals surface area (Å²) >= 11 is 5.66. The number of nitro groups is 1. The highest BCUT2D eigenvalue weighted by molar-refractivity contribution is 6.33. The van der Waals surface area contributed by atoms with Crippen LogP contribution in [0, 0.1) is 10.1 Å². The number of rotatable bonds is 2. The Hall–Kier alpha value is -1.66. The van der Waals surface area contributed by atoms with Gasteiger partial charge in [-0.25, -0.2) is 5.06 Å². The molecule has 0 saturated carbocycles. The van der Waals surface area contributed by atoms with Gasteiger partial charge in [0.1, 0.15) is 0 Å². The molecule has 0 aliphatic heterocycles. The molecule has 0 radical (unpaired) electrons. The van der Waals surface area contributed by atoms with E-state index in [9.17, 15) is 14.9 Å². The predicted octanol–water partition coefficient (Wildman–Crippen LogP) is 1.71. The molecule has 1 N–H and O–H groups in total. The first-order valence-electron chi connectivity index (χ1n) is 3.84. The van der Waals surface area contributed by atoms with Gasteiger partial charge in [-0.1, -0.05) is 11.6 Å². The first kappa shape index (κ1) is 11.4. The zero-order valence-corrected chi connectivity index (χ0v) is 8.43. The van der Waals surface area contributed by atoms with Gasteiger partial charge in [-0.15, -0.1) is 0 Å². The van der Waals surface area contributed by atoms with Gasteiger partial charge in [-0.3, -0.25) is 20.1 Å². The van der Waals surface area contributed by atoms with Gasteiger partial charge < -0.3 is 0 Å². The van der Waals surface area contributed by atoms with E-state index in [0.29, 0.717) is 5.06 Å². The molecule has 0 saturated heterocycles. The molecule has 0 fully saturated rings. The van der Waals surface area contributed by atoms with E-state index in [1.165, 1.54) is 12.1 Å². The largest absolute Gasteiger partial charge is 0.286 e. The number of non-ortho nitro benzene ring substituents is 1. The van der Waals surface area contributed by atoms with Crippen LogP contribution in [0.2, 0.25) is 5.02 Å². The van der Waals surface area contributed by atoms with Gasteiger partial charge in [0.05, 0.1) is 15.5 Å². The number of nitro benzene ring substituents is 1. The molecule has 0 unspecified atom stereocenters. The van der Waals surface area contributed by atoms with Crippen LogP contribution in [-0.2, 0) is 0 Å². The lowest BCUT2D eigenvalue weighted by Crippen LogP contribution is -2.22. The number of hydroxylamine groups is 2. The van der Waals surface area contributed by atoms with Crippen LogP contribution in [0.25, 0.3) is 0 Å². The van der Waals surface area contributed by atoms with Crippen molar-refractivity contribution in [3.05, 3.63) is 38.9 Å². The van der Waals surface area contributed by atoms with Gasteiger partial charge >= 0.3 is 0 Å². The third kappa shape index (κ3) is 2.42. The monoisotopic (exact) mass is 230 g/mol. The first-order chi connectivity index (χ1) is 6.93. The first-order valence-corrected chi connectivity index (χ1v) is 4.22. The molecular weight excluding hydrogens is 224 g/mol. The molecule has 7 heteroatoms. The zero-order valence-electron chi connectivity index (χ0n) is 7.68. The maximum atomic E-state index is 11.3. The van der Waals surface area contributed by atoms with E-state index in [-0.39, 0.29) is 16.3 Å². The minimum atomic E-state index is -0.802. The van der Waals surface area contributed by atoms with Crippen LogP contribution in [0.5, 0.6) is 0 Å². The molecule has 6 nitrogen and oxygen atoms in total. The molecule has 0 aliphatic carbocycles. The number of halogens is 1. The topological polar surface area (TPSA) is 83.7 Å². The lowest BCUT2D eigenvalue weighted by atomic mass is 10.2. The predicted molar refractivity (Wildman–Crippen MR) is 52.0 cm³/mol.